The molecule has 0 spiro atoms. The molecule has 0 aliphatic heterocycles. The molecular weight excluding hydrogens is 273 g/mol. The van der Waals surface area contributed by atoms with Gasteiger partial charge in [-0.05, 0) is 58.8 Å². The van der Waals surface area contributed by atoms with E-state index in [4.69, 9.17) is 0 Å². The maximum Gasteiger partial charge on any atom is 0.0205 e. The smallest absolute Gasteiger partial charge is 0.0205 e. The summed E-state index contributed by atoms with van der Waals surface area (Å²) in [5, 5.41) is 3.20. The van der Waals surface area contributed by atoms with Crippen LogP contribution >= 0.6 is 22.6 Å². The number of nitrogens with one attached hydrogen (secondary N) is 1. The van der Waals surface area contributed by atoms with E-state index in [1.165, 1.54) is 14.7 Å². The van der Waals surface area contributed by atoms with Gasteiger partial charge < -0.3 is 5.32 Å². The molecule has 13 heavy (non-hydrogen) atoms. The molecule has 1 aromatic rings. The molecule has 1 nitrogen and oxygen atoms in total. The van der Waals surface area contributed by atoms with Crippen molar-refractivity contribution in [2.45, 2.75) is 26.3 Å². The largest absolute Gasteiger partial charge is 0.316 e. The minimum atomic E-state index is 0.611. The van der Waals surface area contributed by atoms with E-state index < -0.39 is 0 Å². The van der Waals surface area contributed by atoms with Crippen molar-refractivity contribution in [2.24, 2.45) is 0 Å². The van der Waals surface area contributed by atoms with Gasteiger partial charge >= 0.3 is 0 Å². The van der Waals surface area contributed by atoms with E-state index in [2.05, 4.69) is 60.0 Å². The molecule has 1 aromatic carbocycles. The van der Waals surface area contributed by atoms with Crippen molar-refractivity contribution in [3.05, 3.63) is 32.9 Å². The number of hydrogen-bond donors (Lipinski definition) is 1. The average Bonchev–Trinajstić information content (AvgIpc) is 2.04. The standard InChI is InChI=1S/C11H16IN/c1-8(2)11-5-4-10(12)6-9(11)7-13-3/h4-6,8,13H,7H2,1-3H3. The maximum absolute atomic E-state index is 3.20. The summed E-state index contributed by atoms with van der Waals surface area (Å²) in [5.41, 5.74) is 2.87. The first-order valence-electron chi connectivity index (χ1n) is 4.58. The normalized spacial score (nSPS) is 10.8. The van der Waals surface area contributed by atoms with Crippen LogP contribution in [-0.4, -0.2) is 7.05 Å². The van der Waals surface area contributed by atoms with Gasteiger partial charge in [-0.1, -0.05) is 19.9 Å². The van der Waals surface area contributed by atoms with Crippen molar-refractivity contribution < 1.29 is 0 Å². The third-order valence-electron chi connectivity index (χ3n) is 2.09. The van der Waals surface area contributed by atoms with Gasteiger partial charge in [-0.2, -0.15) is 0 Å². The third kappa shape index (κ3) is 2.95. The fourth-order valence-electron chi connectivity index (χ4n) is 1.48. The van der Waals surface area contributed by atoms with Crippen LogP contribution in [0, 0.1) is 3.57 Å². The predicted molar refractivity (Wildman–Crippen MR) is 66.0 cm³/mol. The molecule has 0 saturated carbocycles. The van der Waals surface area contributed by atoms with E-state index in [9.17, 15) is 0 Å². The molecule has 1 N–H and O–H groups in total. The van der Waals surface area contributed by atoms with Crippen LogP contribution in [0.4, 0.5) is 0 Å². The van der Waals surface area contributed by atoms with Crippen molar-refractivity contribution in [3.8, 4) is 0 Å². The molecule has 0 fully saturated rings. The lowest BCUT2D eigenvalue weighted by atomic mass is 9.97. The van der Waals surface area contributed by atoms with Crippen molar-refractivity contribution in [1.82, 2.24) is 5.32 Å². The van der Waals surface area contributed by atoms with Gasteiger partial charge in [-0.25, -0.2) is 0 Å². The molecule has 0 aliphatic rings. The van der Waals surface area contributed by atoms with Gasteiger partial charge in [0.15, 0.2) is 0 Å². The maximum atomic E-state index is 3.20. The molecule has 0 amide bonds. The Balaban J connectivity index is 3.03. The lowest BCUT2D eigenvalue weighted by Crippen LogP contribution is -2.08. The van der Waals surface area contributed by atoms with E-state index in [0.717, 1.165) is 6.54 Å². The quantitative estimate of drug-likeness (QED) is 0.843. The zero-order valence-corrected chi connectivity index (χ0v) is 10.6. The van der Waals surface area contributed by atoms with Gasteiger partial charge in [-0.15, -0.1) is 0 Å². The number of hydrogen-bond acceptors (Lipinski definition) is 1. The molecule has 0 aliphatic carbocycles. The third-order valence-corrected chi connectivity index (χ3v) is 2.77. The zero-order chi connectivity index (χ0) is 9.84. The first-order chi connectivity index (χ1) is 6.15. The van der Waals surface area contributed by atoms with Crippen LogP contribution in [0.15, 0.2) is 18.2 Å². The first kappa shape index (κ1) is 11.0. The molecule has 0 unspecified atom stereocenters. The van der Waals surface area contributed by atoms with E-state index in [1.807, 2.05) is 7.05 Å². The summed E-state index contributed by atoms with van der Waals surface area (Å²) in [6.45, 7) is 5.44. The minimum Gasteiger partial charge on any atom is -0.316 e. The van der Waals surface area contributed by atoms with Gasteiger partial charge in [0.05, 0.1) is 0 Å². The second-order valence-electron chi connectivity index (χ2n) is 3.53. The molecule has 0 aromatic heterocycles. The lowest BCUT2D eigenvalue weighted by molar-refractivity contribution is 0.775. The molecule has 0 heterocycles. The molecule has 0 atom stereocenters. The summed E-state index contributed by atoms with van der Waals surface area (Å²) in [6, 6.07) is 6.67. The monoisotopic (exact) mass is 289 g/mol. The Morgan fingerprint density at radius 1 is 1.38 bits per heavy atom. The Kier molecular flexibility index (Phi) is 4.19. The van der Waals surface area contributed by atoms with Gasteiger partial charge in [0.25, 0.3) is 0 Å². The van der Waals surface area contributed by atoms with E-state index in [1.54, 1.807) is 0 Å². The molecule has 0 bridgehead atoms. The summed E-state index contributed by atoms with van der Waals surface area (Å²) in [5.74, 6) is 0.611. The Hall–Kier alpha value is -0.0900. The highest BCUT2D eigenvalue weighted by Gasteiger charge is 2.05. The van der Waals surface area contributed by atoms with Crippen LogP contribution < -0.4 is 5.32 Å². The van der Waals surface area contributed by atoms with E-state index in [-0.39, 0.29) is 0 Å². The highest BCUT2D eigenvalue weighted by Crippen LogP contribution is 2.21. The Morgan fingerprint density at radius 3 is 2.62 bits per heavy atom. The number of benzene rings is 1. The van der Waals surface area contributed by atoms with Crippen molar-refractivity contribution in [2.75, 3.05) is 7.05 Å². The van der Waals surface area contributed by atoms with Crippen LogP contribution in [-0.2, 0) is 6.54 Å². The molecule has 0 saturated heterocycles. The molecule has 2 heteroatoms. The second-order valence-corrected chi connectivity index (χ2v) is 4.77. The minimum absolute atomic E-state index is 0.611. The fraction of sp³-hybridized carbons (Fsp3) is 0.455. The molecular formula is C11H16IN. The second kappa shape index (κ2) is 4.96. The van der Waals surface area contributed by atoms with Crippen LogP contribution in [0.5, 0.6) is 0 Å². The van der Waals surface area contributed by atoms with Gasteiger partial charge in [0, 0.05) is 10.1 Å². The summed E-state index contributed by atoms with van der Waals surface area (Å²) in [6.07, 6.45) is 0. The molecule has 0 radical (unpaired) electrons. The molecule has 1 rings (SSSR count). The van der Waals surface area contributed by atoms with Crippen LogP contribution in [0.1, 0.15) is 30.9 Å². The average molecular weight is 289 g/mol. The summed E-state index contributed by atoms with van der Waals surface area (Å²) >= 11 is 2.36. The van der Waals surface area contributed by atoms with Gasteiger partial charge in [0.1, 0.15) is 0 Å². The highest BCUT2D eigenvalue weighted by atomic mass is 127. The summed E-state index contributed by atoms with van der Waals surface area (Å²) < 4.78 is 1.31. The van der Waals surface area contributed by atoms with Gasteiger partial charge in [-0.3, -0.25) is 0 Å². The Labute approximate surface area is 94.1 Å². The van der Waals surface area contributed by atoms with Gasteiger partial charge in [0.2, 0.25) is 0 Å². The summed E-state index contributed by atoms with van der Waals surface area (Å²) in [4.78, 5) is 0. The highest BCUT2D eigenvalue weighted by molar-refractivity contribution is 14.1. The van der Waals surface area contributed by atoms with E-state index >= 15 is 0 Å². The SMILES string of the molecule is CNCc1cc(I)ccc1C(C)C. The number of rotatable bonds is 3. The zero-order valence-electron chi connectivity index (χ0n) is 8.39. The van der Waals surface area contributed by atoms with Crippen LogP contribution in [0.3, 0.4) is 0 Å². The lowest BCUT2D eigenvalue weighted by Gasteiger charge is -2.12. The van der Waals surface area contributed by atoms with E-state index in [0.29, 0.717) is 5.92 Å². The summed E-state index contributed by atoms with van der Waals surface area (Å²) in [7, 11) is 1.99. The Morgan fingerprint density at radius 2 is 2.08 bits per heavy atom. The topological polar surface area (TPSA) is 12.0 Å². The number of halogens is 1. The van der Waals surface area contributed by atoms with Crippen LogP contribution in [0.2, 0.25) is 0 Å². The Bertz CT molecular complexity index is 281. The molecule has 72 valence electrons. The first-order valence-corrected chi connectivity index (χ1v) is 5.66. The van der Waals surface area contributed by atoms with Crippen molar-refractivity contribution >= 4 is 22.6 Å². The van der Waals surface area contributed by atoms with Crippen molar-refractivity contribution in [3.63, 3.8) is 0 Å². The fourth-order valence-corrected chi connectivity index (χ4v) is 2.04. The van der Waals surface area contributed by atoms with Crippen molar-refractivity contribution in [1.29, 1.82) is 0 Å². The predicted octanol–water partition coefficient (Wildman–Crippen LogP) is 3.13. The van der Waals surface area contributed by atoms with Crippen LogP contribution in [0.25, 0.3) is 0 Å².